The standard InChI is InChI=1S/C23H35N3O5S/c1-23(2,25-10-4-3-5-11-25)17-24-22(27)18-8-12-26(13-9-18)32(28,29)19-6-7-20-21(16-19)31-15-14-30-20/h6-7,16,18H,3-5,8-15,17H2,1-2H3,(H,24,27). The Morgan fingerprint density at radius 2 is 1.69 bits per heavy atom. The minimum atomic E-state index is -3.64. The summed E-state index contributed by atoms with van der Waals surface area (Å²) in [4.78, 5) is 15.4. The van der Waals surface area contributed by atoms with E-state index in [2.05, 4.69) is 24.1 Å². The Kier molecular flexibility index (Phi) is 6.97. The van der Waals surface area contributed by atoms with E-state index >= 15 is 0 Å². The van der Waals surface area contributed by atoms with E-state index in [4.69, 9.17) is 9.47 Å². The Morgan fingerprint density at radius 1 is 1.03 bits per heavy atom. The molecule has 1 amide bonds. The Labute approximate surface area is 191 Å². The van der Waals surface area contributed by atoms with E-state index in [-0.39, 0.29) is 22.3 Å². The van der Waals surface area contributed by atoms with Gasteiger partial charge in [0, 0.05) is 37.2 Å². The molecule has 0 aliphatic carbocycles. The van der Waals surface area contributed by atoms with E-state index in [0.29, 0.717) is 57.2 Å². The van der Waals surface area contributed by atoms with Crippen LogP contribution in [0.1, 0.15) is 46.0 Å². The molecule has 1 aromatic carbocycles. The molecule has 0 radical (unpaired) electrons. The maximum Gasteiger partial charge on any atom is 0.243 e. The molecule has 2 saturated heterocycles. The van der Waals surface area contributed by atoms with Crippen molar-refractivity contribution in [2.24, 2.45) is 5.92 Å². The van der Waals surface area contributed by atoms with Gasteiger partial charge in [-0.25, -0.2) is 8.42 Å². The van der Waals surface area contributed by atoms with Crippen LogP contribution < -0.4 is 14.8 Å². The van der Waals surface area contributed by atoms with E-state index in [1.165, 1.54) is 29.6 Å². The van der Waals surface area contributed by atoms with E-state index in [1.807, 2.05) is 0 Å². The van der Waals surface area contributed by atoms with Crippen molar-refractivity contribution in [3.8, 4) is 11.5 Å². The molecule has 1 N–H and O–H groups in total. The van der Waals surface area contributed by atoms with Crippen molar-refractivity contribution in [1.29, 1.82) is 0 Å². The molecule has 178 valence electrons. The predicted molar refractivity (Wildman–Crippen MR) is 121 cm³/mol. The van der Waals surface area contributed by atoms with Crippen molar-refractivity contribution in [3.63, 3.8) is 0 Å². The van der Waals surface area contributed by atoms with Gasteiger partial charge in [-0.2, -0.15) is 4.31 Å². The third-order valence-electron chi connectivity index (χ3n) is 6.88. The van der Waals surface area contributed by atoms with Gasteiger partial charge in [0.2, 0.25) is 15.9 Å². The monoisotopic (exact) mass is 465 g/mol. The van der Waals surface area contributed by atoms with Crippen LogP contribution in [0.5, 0.6) is 11.5 Å². The van der Waals surface area contributed by atoms with Gasteiger partial charge in [0.15, 0.2) is 11.5 Å². The Balaban J connectivity index is 1.31. The molecule has 0 unspecified atom stereocenters. The summed E-state index contributed by atoms with van der Waals surface area (Å²) in [6.07, 6.45) is 4.77. The molecule has 0 aromatic heterocycles. The number of rotatable bonds is 6. The molecule has 0 saturated carbocycles. The van der Waals surface area contributed by atoms with Crippen LogP contribution in [0.3, 0.4) is 0 Å². The highest BCUT2D eigenvalue weighted by molar-refractivity contribution is 7.89. The number of hydrogen-bond donors (Lipinski definition) is 1. The van der Waals surface area contributed by atoms with E-state index in [9.17, 15) is 13.2 Å². The minimum absolute atomic E-state index is 0.0338. The van der Waals surface area contributed by atoms with Crippen LogP contribution in [0.2, 0.25) is 0 Å². The van der Waals surface area contributed by atoms with Crippen LogP contribution in [0, 0.1) is 5.92 Å². The summed E-state index contributed by atoms with van der Waals surface area (Å²) in [5.74, 6) is 0.909. The molecule has 0 spiro atoms. The topological polar surface area (TPSA) is 88.2 Å². The molecule has 2 fully saturated rings. The summed E-state index contributed by atoms with van der Waals surface area (Å²) in [6.45, 7) is 8.69. The van der Waals surface area contributed by atoms with Gasteiger partial charge in [-0.05, 0) is 64.8 Å². The average Bonchev–Trinajstić information content (AvgIpc) is 2.83. The molecule has 8 nitrogen and oxygen atoms in total. The van der Waals surface area contributed by atoms with Crippen molar-refractivity contribution >= 4 is 15.9 Å². The lowest BCUT2D eigenvalue weighted by Crippen LogP contribution is -2.54. The molecular formula is C23H35N3O5S. The van der Waals surface area contributed by atoms with Crippen molar-refractivity contribution in [2.45, 2.75) is 56.4 Å². The summed E-state index contributed by atoms with van der Waals surface area (Å²) in [6, 6.07) is 4.74. The largest absolute Gasteiger partial charge is 0.486 e. The quantitative estimate of drug-likeness (QED) is 0.693. The van der Waals surface area contributed by atoms with Crippen LogP contribution in [0.15, 0.2) is 23.1 Å². The highest BCUT2D eigenvalue weighted by atomic mass is 32.2. The average molecular weight is 466 g/mol. The smallest absolute Gasteiger partial charge is 0.243 e. The second-order valence-corrected chi connectivity index (χ2v) is 11.5. The number of amides is 1. The lowest BCUT2D eigenvalue weighted by Gasteiger charge is -2.41. The van der Waals surface area contributed by atoms with Crippen molar-refractivity contribution in [2.75, 3.05) is 45.9 Å². The zero-order chi connectivity index (χ0) is 22.8. The van der Waals surface area contributed by atoms with Crippen LogP contribution in [0.25, 0.3) is 0 Å². The first-order valence-corrected chi connectivity index (χ1v) is 13.1. The van der Waals surface area contributed by atoms with Gasteiger partial charge >= 0.3 is 0 Å². The Bertz CT molecular complexity index is 920. The molecule has 9 heteroatoms. The number of nitrogens with zero attached hydrogens (tertiary/aromatic N) is 2. The van der Waals surface area contributed by atoms with Crippen LogP contribution in [-0.2, 0) is 14.8 Å². The van der Waals surface area contributed by atoms with Gasteiger partial charge in [-0.1, -0.05) is 6.42 Å². The third-order valence-corrected chi connectivity index (χ3v) is 8.78. The molecule has 3 aliphatic heterocycles. The zero-order valence-electron chi connectivity index (χ0n) is 19.1. The molecule has 0 atom stereocenters. The number of sulfonamides is 1. The fraction of sp³-hybridized carbons (Fsp3) is 0.696. The molecular weight excluding hydrogens is 430 g/mol. The Morgan fingerprint density at radius 3 is 2.38 bits per heavy atom. The summed E-state index contributed by atoms with van der Waals surface area (Å²) >= 11 is 0. The third kappa shape index (κ3) is 5.05. The Hall–Kier alpha value is -1.84. The molecule has 4 rings (SSSR count). The molecule has 32 heavy (non-hydrogen) atoms. The fourth-order valence-corrected chi connectivity index (χ4v) is 6.24. The maximum absolute atomic E-state index is 13.1. The number of carbonyl (C=O) groups excluding carboxylic acids is 1. The summed E-state index contributed by atoms with van der Waals surface area (Å²) in [5, 5.41) is 3.13. The first-order valence-electron chi connectivity index (χ1n) is 11.7. The number of fused-ring (bicyclic) bond motifs is 1. The van der Waals surface area contributed by atoms with Gasteiger partial charge in [0.05, 0.1) is 4.90 Å². The predicted octanol–water partition coefficient (Wildman–Crippen LogP) is 2.24. The lowest BCUT2D eigenvalue weighted by atomic mass is 9.95. The van der Waals surface area contributed by atoms with Crippen LogP contribution in [-0.4, -0.2) is 75.0 Å². The van der Waals surface area contributed by atoms with Crippen molar-refractivity contribution < 1.29 is 22.7 Å². The zero-order valence-corrected chi connectivity index (χ0v) is 20.0. The number of piperidine rings is 2. The van der Waals surface area contributed by atoms with Gasteiger partial charge < -0.3 is 14.8 Å². The van der Waals surface area contributed by atoms with Crippen molar-refractivity contribution in [1.82, 2.24) is 14.5 Å². The first-order chi connectivity index (χ1) is 15.3. The highest BCUT2D eigenvalue weighted by Gasteiger charge is 2.34. The first kappa shape index (κ1) is 23.3. The maximum atomic E-state index is 13.1. The van der Waals surface area contributed by atoms with E-state index < -0.39 is 10.0 Å². The number of ether oxygens (including phenoxy) is 2. The number of likely N-dealkylation sites (tertiary alicyclic amines) is 1. The summed E-state index contributed by atoms with van der Waals surface area (Å²) in [7, 11) is -3.64. The second-order valence-electron chi connectivity index (χ2n) is 9.56. The number of benzene rings is 1. The SMILES string of the molecule is CC(C)(CNC(=O)C1CCN(S(=O)(=O)c2ccc3c(c2)OCCO3)CC1)N1CCCCC1. The summed E-state index contributed by atoms with van der Waals surface area (Å²) in [5.41, 5.74) is -0.0711. The number of nitrogens with one attached hydrogen (secondary N) is 1. The van der Waals surface area contributed by atoms with E-state index in [1.54, 1.807) is 12.1 Å². The fourth-order valence-electron chi connectivity index (χ4n) is 4.75. The van der Waals surface area contributed by atoms with Crippen LogP contribution in [0.4, 0.5) is 0 Å². The normalized spacial score (nSPS) is 21.3. The highest BCUT2D eigenvalue weighted by Crippen LogP contribution is 2.34. The van der Waals surface area contributed by atoms with Gasteiger partial charge in [-0.3, -0.25) is 9.69 Å². The van der Waals surface area contributed by atoms with Gasteiger partial charge in [0.1, 0.15) is 13.2 Å². The minimum Gasteiger partial charge on any atom is -0.486 e. The molecule has 3 aliphatic rings. The van der Waals surface area contributed by atoms with E-state index in [0.717, 1.165) is 13.1 Å². The second kappa shape index (κ2) is 9.57. The van der Waals surface area contributed by atoms with Gasteiger partial charge in [0.25, 0.3) is 0 Å². The number of hydrogen-bond acceptors (Lipinski definition) is 6. The molecule has 0 bridgehead atoms. The molecule has 1 aromatic rings. The van der Waals surface area contributed by atoms with Crippen molar-refractivity contribution in [3.05, 3.63) is 18.2 Å². The lowest BCUT2D eigenvalue weighted by molar-refractivity contribution is -0.126. The molecule has 3 heterocycles. The summed E-state index contributed by atoms with van der Waals surface area (Å²) < 4.78 is 38.7. The van der Waals surface area contributed by atoms with Crippen LogP contribution >= 0.6 is 0 Å². The van der Waals surface area contributed by atoms with Gasteiger partial charge in [-0.15, -0.1) is 0 Å². The number of carbonyl (C=O) groups is 1.